The van der Waals surface area contributed by atoms with Gasteiger partial charge in [0.15, 0.2) is 5.79 Å². The highest BCUT2D eigenvalue weighted by molar-refractivity contribution is 4.78. The summed E-state index contributed by atoms with van der Waals surface area (Å²) in [7, 11) is 0. The quantitative estimate of drug-likeness (QED) is 0.640. The summed E-state index contributed by atoms with van der Waals surface area (Å²) in [4.78, 5) is 0. The lowest BCUT2D eigenvalue weighted by atomic mass is 10.1. The van der Waals surface area contributed by atoms with Crippen LogP contribution < -0.4 is 0 Å². The van der Waals surface area contributed by atoms with Gasteiger partial charge in [0.05, 0.1) is 12.7 Å². The van der Waals surface area contributed by atoms with E-state index in [9.17, 15) is 0 Å². The van der Waals surface area contributed by atoms with Gasteiger partial charge in [-0.15, -0.1) is 0 Å². The molecule has 1 saturated heterocycles. The second kappa shape index (κ2) is 6.49. The van der Waals surface area contributed by atoms with Crippen molar-refractivity contribution in [3.8, 4) is 0 Å². The third-order valence-electron chi connectivity index (χ3n) is 3.06. The van der Waals surface area contributed by atoms with Crippen LogP contribution in [0.5, 0.6) is 0 Å². The minimum absolute atomic E-state index is 0.234. The van der Waals surface area contributed by atoms with Gasteiger partial charge in [-0.2, -0.15) is 0 Å². The number of hydrogen-bond donors (Lipinski definition) is 0. The average Bonchev–Trinajstić information content (AvgIpc) is 2.60. The molecule has 1 atom stereocenters. The molecule has 0 saturated carbocycles. The molecule has 15 heavy (non-hydrogen) atoms. The zero-order valence-electron chi connectivity index (χ0n) is 10.6. The fourth-order valence-electron chi connectivity index (χ4n) is 2.34. The monoisotopic (exact) mass is 214 g/mol. The number of unbranched alkanes of at least 4 members (excludes halogenated alkanes) is 1. The van der Waals surface area contributed by atoms with Crippen LogP contribution in [0.3, 0.4) is 0 Å². The van der Waals surface area contributed by atoms with Crippen LogP contribution >= 0.6 is 0 Å². The van der Waals surface area contributed by atoms with E-state index in [1.165, 1.54) is 12.8 Å². The molecule has 0 amide bonds. The van der Waals surface area contributed by atoms with Gasteiger partial charge in [-0.3, -0.25) is 0 Å². The molecule has 1 aliphatic heterocycles. The van der Waals surface area contributed by atoms with E-state index in [1.54, 1.807) is 0 Å². The smallest absolute Gasteiger partial charge is 0.168 e. The zero-order valence-corrected chi connectivity index (χ0v) is 10.6. The lowest BCUT2D eigenvalue weighted by molar-refractivity contribution is -0.178. The Balaban J connectivity index is 2.40. The van der Waals surface area contributed by atoms with Crippen LogP contribution in [0, 0.1) is 0 Å². The van der Waals surface area contributed by atoms with Crippen LogP contribution in [0.4, 0.5) is 0 Å². The molecule has 0 aromatic carbocycles. The highest BCUT2D eigenvalue weighted by atomic mass is 16.7. The van der Waals surface area contributed by atoms with E-state index in [4.69, 9.17) is 9.47 Å². The number of rotatable bonds is 7. The molecule has 0 aromatic heterocycles. The van der Waals surface area contributed by atoms with Gasteiger partial charge < -0.3 is 9.47 Å². The molecule has 90 valence electrons. The molecule has 1 rings (SSSR count). The summed E-state index contributed by atoms with van der Waals surface area (Å²) in [6.45, 7) is 7.42. The van der Waals surface area contributed by atoms with Crippen molar-refractivity contribution in [2.45, 2.75) is 77.6 Å². The Morgan fingerprint density at radius 2 is 1.73 bits per heavy atom. The maximum atomic E-state index is 6.11. The van der Waals surface area contributed by atoms with E-state index in [0.29, 0.717) is 6.10 Å². The van der Waals surface area contributed by atoms with Gasteiger partial charge in [-0.1, -0.05) is 46.5 Å². The minimum atomic E-state index is -0.234. The first-order valence-corrected chi connectivity index (χ1v) is 6.58. The second-order valence-electron chi connectivity index (χ2n) is 4.60. The first-order valence-electron chi connectivity index (χ1n) is 6.58. The zero-order chi connectivity index (χ0) is 11.1. The van der Waals surface area contributed by atoms with E-state index in [0.717, 1.165) is 38.7 Å². The van der Waals surface area contributed by atoms with Gasteiger partial charge >= 0.3 is 0 Å². The maximum Gasteiger partial charge on any atom is 0.168 e. The summed E-state index contributed by atoms with van der Waals surface area (Å²) in [5.41, 5.74) is 0. The largest absolute Gasteiger partial charge is 0.347 e. The lowest BCUT2D eigenvalue weighted by Crippen LogP contribution is -2.30. The Morgan fingerprint density at radius 1 is 1.07 bits per heavy atom. The third kappa shape index (κ3) is 3.76. The lowest BCUT2D eigenvalue weighted by Gasteiger charge is -2.27. The van der Waals surface area contributed by atoms with E-state index in [-0.39, 0.29) is 5.79 Å². The molecule has 0 bridgehead atoms. The van der Waals surface area contributed by atoms with Gasteiger partial charge in [0, 0.05) is 12.8 Å². The molecular formula is C13H26O2. The van der Waals surface area contributed by atoms with E-state index in [2.05, 4.69) is 20.8 Å². The van der Waals surface area contributed by atoms with Crippen LogP contribution in [0.25, 0.3) is 0 Å². The Bertz CT molecular complexity index is 162. The fraction of sp³-hybridized carbons (Fsp3) is 1.00. The highest BCUT2D eigenvalue weighted by Crippen LogP contribution is 2.34. The van der Waals surface area contributed by atoms with E-state index < -0.39 is 0 Å². The van der Waals surface area contributed by atoms with E-state index in [1.807, 2.05) is 0 Å². The molecule has 0 spiro atoms. The predicted octanol–water partition coefficient (Wildman–Crippen LogP) is 3.89. The van der Waals surface area contributed by atoms with E-state index >= 15 is 0 Å². The first-order chi connectivity index (χ1) is 7.26. The van der Waals surface area contributed by atoms with Crippen LogP contribution in [0.2, 0.25) is 0 Å². The van der Waals surface area contributed by atoms with Crippen molar-refractivity contribution < 1.29 is 9.47 Å². The van der Waals surface area contributed by atoms with Crippen molar-refractivity contribution in [2.24, 2.45) is 0 Å². The third-order valence-corrected chi connectivity index (χ3v) is 3.06. The molecule has 2 heteroatoms. The summed E-state index contributed by atoms with van der Waals surface area (Å²) in [5, 5.41) is 0. The first kappa shape index (κ1) is 13.0. The van der Waals surface area contributed by atoms with Gasteiger partial charge in [-0.25, -0.2) is 0 Å². The number of ether oxygens (including phenoxy) is 2. The Hall–Kier alpha value is -0.0800. The topological polar surface area (TPSA) is 18.5 Å². The SMILES string of the molecule is CCCCC1COC(CCC)(CCC)O1. The average molecular weight is 214 g/mol. The summed E-state index contributed by atoms with van der Waals surface area (Å²) >= 11 is 0. The van der Waals surface area contributed by atoms with Gasteiger partial charge in [-0.05, 0) is 6.42 Å². The predicted molar refractivity (Wildman–Crippen MR) is 62.9 cm³/mol. The summed E-state index contributed by atoms with van der Waals surface area (Å²) < 4.78 is 12.0. The highest BCUT2D eigenvalue weighted by Gasteiger charge is 2.39. The molecule has 1 aliphatic rings. The van der Waals surface area contributed by atoms with Gasteiger partial charge in [0.25, 0.3) is 0 Å². The Kier molecular flexibility index (Phi) is 5.62. The van der Waals surface area contributed by atoms with Crippen LogP contribution in [0.15, 0.2) is 0 Å². The minimum Gasteiger partial charge on any atom is -0.347 e. The Labute approximate surface area is 94.3 Å². The summed E-state index contributed by atoms with van der Waals surface area (Å²) in [6.07, 6.45) is 8.37. The molecule has 2 nitrogen and oxygen atoms in total. The van der Waals surface area contributed by atoms with Crippen molar-refractivity contribution in [1.29, 1.82) is 0 Å². The van der Waals surface area contributed by atoms with Crippen molar-refractivity contribution >= 4 is 0 Å². The van der Waals surface area contributed by atoms with Crippen molar-refractivity contribution in [2.75, 3.05) is 6.61 Å². The standard InChI is InChI=1S/C13H26O2/c1-4-7-8-12-11-14-13(15-12,9-5-2)10-6-3/h12H,4-11H2,1-3H3. The fourth-order valence-corrected chi connectivity index (χ4v) is 2.34. The van der Waals surface area contributed by atoms with Gasteiger partial charge in [0.1, 0.15) is 0 Å². The number of hydrogen-bond acceptors (Lipinski definition) is 2. The molecule has 0 N–H and O–H groups in total. The van der Waals surface area contributed by atoms with Crippen LogP contribution in [-0.2, 0) is 9.47 Å². The summed E-state index contributed by atoms with van der Waals surface area (Å²) in [6, 6.07) is 0. The molecule has 1 fully saturated rings. The molecule has 1 unspecified atom stereocenters. The summed E-state index contributed by atoms with van der Waals surface area (Å²) in [5.74, 6) is -0.234. The molecule has 0 aromatic rings. The van der Waals surface area contributed by atoms with Crippen molar-refractivity contribution in [3.63, 3.8) is 0 Å². The van der Waals surface area contributed by atoms with Crippen molar-refractivity contribution in [1.82, 2.24) is 0 Å². The van der Waals surface area contributed by atoms with Crippen LogP contribution in [-0.4, -0.2) is 18.5 Å². The van der Waals surface area contributed by atoms with Gasteiger partial charge in [0.2, 0.25) is 0 Å². The second-order valence-corrected chi connectivity index (χ2v) is 4.60. The molecular weight excluding hydrogens is 188 g/mol. The molecule has 1 heterocycles. The van der Waals surface area contributed by atoms with Crippen molar-refractivity contribution in [3.05, 3.63) is 0 Å². The normalized spacial score (nSPS) is 24.6. The van der Waals surface area contributed by atoms with Crippen LogP contribution in [0.1, 0.15) is 65.7 Å². The Morgan fingerprint density at radius 3 is 2.27 bits per heavy atom. The molecule has 0 aliphatic carbocycles. The maximum absolute atomic E-state index is 6.11. The molecule has 0 radical (unpaired) electrons.